The van der Waals surface area contributed by atoms with Gasteiger partial charge in [0, 0.05) is 56.0 Å². The molecule has 0 spiro atoms. The van der Waals surface area contributed by atoms with Gasteiger partial charge in [0.1, 0.15) is 0 Å². The highest BCUT2D eigenvalue weighted by molar-refractivity contribution is 7.99. The van der Waals surface area contributed by atoms with Gasteiger partial charge in [-0.25, -0.2) is 0 Å². The number of benzene rings is 1. The predicted molar refractivity (Wildman–Crippen MR) is 116 cm³/mol. The Morgan fingerprint density at radius 2 is 2.00 bits per heavy atom. The van der Waals surface area contributed by atoms with E-state index in [1.165, 1.54) is 0 Å². The quantitative estimate of drug-likeness (QED) is 0.674. The number of carbonyl (C=O) groups excluding carboxylic acids is 1. The lowest BCUT2D eigenvalue weighted by Gasteiger charge is -2.40. The third kappa shape index (κ3) is 5.96. The number of nitrogens with one attached hydrogen (secondary N) is 1. The summed E-state index contributed by atoms with van der Waals surface area (Å²) in [6, 6.07) is 8.33. The van der Waals surface area contributed by atoms with Crippen LogP contribution in [0, 0.1) is 5.92 Å². The fourth-order valence-corrected chi connectivity index (χ4v) is 5.09. The van der Waals surface area contributed by atoms with Crippen molar-refractivity contribution in [1.82, 2.24) is 15.1 Å². The maximum atomic E-state index is 12.9. The number of rotatable bonds is 8. The highest BCUT2D eigenvalue weighted by Crippen LogP contribution is 2.27. The van der Waals surface area contributed by atoms with Crippen LogP contribution in [0.25, 0.3) is 0 Å². The Bertz CT molecular complexity index is 626. The molecule has 3 rings (SSSR count). The van der Waals surface area contributed by atoms with Crippen molar-refractivity contribution in [3.05, 3.63) is 29.8 Å². The molecule has 156 valence electrons. The molecule has 1 amide bonds. The Hall–Kier alpha value is -1.08. The van der Waals surface area contributed by atoms with E-state index in [0.29, 0.717) is 24.6 Å². The molecule has 2 atom stereocenters. The van der Waals surface area contributed by atoms with Crippen molar-refractivity contribution in [2.75, 3.05) is 52.1 Å². The van der Waals surface area contributed by atoms with Crippen LogP contribution in [0.5, 0.6) is 0 Å². The van der Waals surface area contributed by atoms with E-state index in [1.54, 1.807) is 11.8 Å². The van der Waals surface area contributed by atoms with E-state index >= 15 is 0 Å². The van der Waals surface area contributed by atoms with Gasteiger partial charge in [0.2, 0.25) is 0 Å². The van der Waals surface area contributed by atoms with E-state index in [2.05, 4.69) is 42.1 Å². The highest BCUT2D eigenvalue weighted by Gasteiger charge is 2.26. The second kappa shape index (κ2) is 10.6. The lowest BCUT2D eigenvalue weighted by Crippen LogP contribution is -2.54. The van der Waals surface area contributed by atoms with Crippen molar-refractivity contribution in [2.24, 2.45) is 5.92 Å². The lowest BCUT2D eigenvalue weighted by molar-refractivity contribution is 0.0789. The summed E-state index contributed by atoms with van der Waals surface area (Å²) in [5.41, 5.74) is 0.784. The van der Waals surface area contributed by atoms with E-state index < -0.39 is 0 Å². The van der Waals surface area contributed by atoms with Crippen molar-refractivity contribution in [2.45, 2.75) is 43.7 Å². The summed E-state index contributed by atoms with van der Waals surface area (Å²) in [6.07, 6.45) is 2.60. The third-order valence-electron chi connectivity index (χ3n) is 5.83. The van der Waals surface area contributed by atoms with E-state index in [4.69, 9.17) is 4.74 Å². The van der Waals surface area contributed by atoms with Crippen LogP contribution in [0.1, 0.15) is 37.0 Å². The first-order valence-electron chi connectivity index (χ1n) is 10.6. The number of thioether (sulfide) groups is 1. The Morgan fingerprint density at radius 1 is 1.25 bits per heavy atom. The van der Waals surface area contributed by atoms with Gasteiger partial charge in [-0.3, -0.25) is 9.69 Å². The van der Waals surface area contributed by atoms with Gasteiger partial charge in [-0.15, -0.1) is 11.8 Å². The Kier molecular flexibility index (Phi) is 8.21. The fourth-order valence-electron chi connectivity index (χ4n) is 3.97. The summed E-state index contributed by atoms with van der Waals surface area (Å²) in [4.78, 5) is 18.9. The van der Waals surface area contributed by atoms with E-state index in [0.717, 1.165) is 61.8 Å². The smallest absolute Gasteiger partial charge is 0.252 e. The molecule has 6 heteroatoms. The van der Waals surface area contributed by atoms with Crippen LogP contribution < -0.4 is 5.32 Å². The maximum absolute atomic E-state index is 12.9. The van der Waals surface area contributed by atoms with Crippen LogP contribution in [-0.2, 0) is 4.74 Å². The SMILES string of the molecule is CC(C)[C@@H](CNC(=O)c1ccccc1SC[C@@H]1CCCO1)N1CCN(C)CC1. The highest BCUT2D eigenvalue weighted by atomic mass is 32.2. The van der Waals surface area contributed by atoms with Gasteiger partial charge in [-0.2, -0.15) is 0 Å². The number of nitrogens with zero attached hydrogens (tertiary/aromatic N) is 2. The van der Waals surface area contributed by atoms with Crippen molar-refractivity contribution < 1.29 is 9.53 Å². The minimum Gasteiger partial charge on any atom is -0.377 e. The summed E-state index contributed by atoms with van der Waals surface area (Å²) >= 11 is 1.74. The van der Waals surface area contributed by atoms with Crippen LogP contribution >= 0.6 is 11.8 Å². The molecule has 0 radical (unpaired) electrons. The standard InChI is InChI=1S/C22H35N3O2S/c1-17(2)20(25-12-10-24(3)11-13-25)15-23-22(26)19-8-4-5-9-21(19)28-16-18-7-6-14-27-18/h4-5,8-9,17-18,20H,6-7,10-16H2,1-3H3,(H,23,26)/t18-,20+/m0/s1. The van der Waals surface area contributed by atoms with Gasteiger partial charge in [0.25, 0.3) is 5.91 Å². The second-order valence-corrected chi connectivity index (χ2v) is 9.36. The third-order valence-corrected chi connectivity index (χ3v) is 7.03. The zero-order chi connectivity index (χ0) is 19.9. The minimum absolute atomic E-state index is 0.0372. The van der Waals surface area contributed by atoms with Crippen molar-refractivity contribution in [3.8, 4) is 0 Å². The molecule has 1 aromatic rings. The largest absolute Gasteiger partial charge is 0.377 e. The summed E-state index contributed by atoms with van der Waals surface area (Å²) < 4.78 is 5.72. The molecule has 1 N–H and O–H groups in total. The Labute approximate surface area is 174 Å². The molecule has 0 bridgehead atoms. The number of hydrogen-bond donors (Lipinski definition) is 1. The topological polar surface area (TPSA) is 44.8 Å². The van der Waals surface area contributed by atoms with Gasteiger partial charge >= 0.3 is 0 Å². The van der Waals surface area contributed by atoms with Crippen LogP contribution in [-0.4, -0.2) is 80.0 Å². The van der Waals surface area contributed by atoms with Gasteiger partial charge in [0.05, 0.1) is 11.7 Å². The monoisotopic (exact) mass is 405 g/mol. The first-order valence-corrected chi connectivity index (χ1v) is 11.6. The number of carbonyl (C=O) groups is 1. The number of hydrogen-bond acceptors (Lipinski definition) is 5. The molecule has 28 heavy (non-hydrogen) atoms. The van der Waals surface area contributed by atoms with Crippen LogP contribution in [0.15, 0.2) is 29.2 Å². The minimum atomic E-state index is 0.0372. The summed E-state index contributed by atoms with van der Waals surface area (Å²) in [5.74, 6) is 1.46. The molecular formula is C22H35N3O2S. The molecule has 0 aliphatic carbocycles. The molecule has 1 aromatic carbocycles. The number of ether oxygens (including phenoxy) is 1. The molecule has 5 nitrogen and oxygen atoms in total. The van der Waals surface area contributed by atoms with E-state index in [9.17, 15) is 4.79 Å². The molecule has 2 fully saturated rings. The number of likely N-dealkylation sites (N-methyl/N-ethyl adjacent to an activating group) is 1. The average Bonchev–Trinajstić information content (AvgIpc) is 3.21. The van der Waals surface area contributed by atoms with E-state index in [1.807, 2.05) is 18.2 Å². The van der Waals surface area contributed by atoms with Crippen LogP contribution in [0.4, 0.5) is 0 Å². The van der Waals surface area contributed by atoms with Crippen molar-refractivity contribution >= 4 is 17.7 Å². The first-order chi connectivity index (χ1) is 13.5. The molecule has 2 saturated heterocycles. The molecule has 0 unspecified atom stereocenters. The predicted octanol–water partition coefficient (Wildman–Crippen LogP) is 2.96. The first kappa shape index (κ1) is 21.6. The number of amides is 1. The van der Waals surface area contributed by atoms with Crippen LogP contribution in [0.2, 0.25) is 0 Å². The number of piperazine rings is 1. The summed E-state index contributed by atoms with van der Waals surface area (Å²) in [7, 11) is 2.18. The molecule has 0 aromatic heterocycles. The molecule has 2 aliphatic rings. The van der Waals surface area contributed by atoms with Crippen molar-refractivity contribution in [1.29, 1.82) is 0 Å². The van der Waals surface area contributed by atoms with Gasteiger partial charge < -0.3 is 15.0 Å². The second-order valence-electron chi connectivity index (χ2n) is 8.30. The maximum Gasteiger partial charge on any atom is 0.252 e. The molecule has 2 aliphatic heterocycles. The zero-order valence-electron chi connectivity index (χ0n) is 17.5. The molecule has 0 saturated carbocycles. The normalized spacial score (nSPS) is 22.5. The fraction of sp³-hybridized carbons (Fsp3) is 0.682. The van der Waals surface area contributed by atoms with Crippen LogP contribution in [0.3, 0.4) is 0 Å². The van der Waals surface area contributed by atoms with Gasteiger partial charge in [-0.05, 0) is 37.9 Å². The zero-order valence-corrected chi connectivity index (χ0v) is 18.3. The summed E-state index contributed by atoms with van der Waals surface area (Å²) in [6.45, 7) is 10.4. The van der Waals surface area contributed by atoms with E-state index in [-0.39, 0.29) is 5.91 Å². The van der Waals surface area contributed by atoms with Gasteiger partial charge in [-0.1, -0.05) is 26.0 Å². The Morgan fingerprint density at radius 3 is 2.68 bits per heavy atom. The lowest BCUT2D eigenvalue weighted by atomic mass is 10.0. The average molecular weight is 406 g/mol. The summed E-state index contributed by atoms with van der Waals surface area (Å²) in [5, 5.41) is 3.22. The Balaban J connectivity index is 1.57. The molecular weight excluding hydrogens is 370 g/mol. The molecule has 2 heterocycles. The van der Waals surface area contributed by atoms with Gasteiger partial charge in [0.15, 0.2) is 0 Å². The van der Waals surface area contributed by atoms with Crippen molar-refractivity contribution in [3.63, 3.8) is 0 Å².